The summed E-state index contributed by atoms with van der Waals surface area (Å²) in [5, 5.41) is -0.644. The van der Waals surface area contributed by atoms with Crippen molar-refractivity contribution in [2.45, 2.75) is 35.8 Å². The number of benzene rings is 1. The van der Waals surface area contributed by atoms with Gasteiger partial charge in [-0.3, -0.25) is 4.79 Å². The number of ketones is 1. The van der Waals surface area contributed by atoms with Gasteiger partial charge < -0.3 is 0 Å². The molecule has 1 atom stereocenters. The summed E-state index contributed by atoms with van der Waals surface area (Å²) < 4.78 is 37.1. The van der Waals surface area contributed by atoms with Crippen molar-refractivity contribution in [1.82, 2.24) is 0 Å². The van der Waals surface area contributed by atoms with Crippen LogP contribution in [0.15, 0.2) is 29.2 Å². The Bertz CT molecular complexity index is 519. The number of halogens is 1. The lowest BCUT2D eigenvalue weighted by atomic mass is 9.99. The summed E-state index contributed by atoms with van der Waals surface area (Å²) in [6, 6.07) is 4.75. The molecule has 5 heteroatoms. The van der Waals surface area contributed by atoms with E-state index in [0.29, 0.717) is 19.3 Å². The molecule has 1 aliphatic rings. The molecule has 0 aliphatic heterocycles. The molecule has 1 aromatic rings. The predicted molar refractivity (Wildman–Crippen MR) is 60.8 cm³/mol. The van der Waals surface area contributed by atoms with Crippen LogP contribution in [-0.2, 0) is 14.6 Å². The number of hydrogen-bond acceptors (Lipinski definition) is 3. The molecule has 0 heterocycles. The van der Waals surface area contributed by atoms with Crippen molar-refractivity contribution in [3.05, 3.63) is 30.1 Å². The first kappa shape index (κ1) is 12.2. The molecule has 0 aromatic heterocycles. The molecular formula is C12H13FO3S. The highest BCUT2D eigenvalue weighted by Crippen LogP contribution is 2.26. The summed E-state index contributed by atoms with van der Waals surface area (Å²) in [6.07, 6.45) is 1.67. The van der Waals surface area contributed by atoms with Crippen molar-refractivity contribution in [3.63, 3.8) is 0 Å². The fourth-order valence-electron chi connectivity index (χ4n) is 2.07. The van der Waals surface area contributed by atoms with E-state index in [9.17, 15) is 17.6 Å². The zero-order valence-electron chi connectivity index (χ0n) is 9.23. The van der Waals surface area contributed by atoms with Crippen molar-refractivity contribution < 1.29 is 17.6 Å². The topological polar surface area (TPSA) is 51.2 Å². The summed E-state index contributed by atoms with van der Waals surface area (Å²) in [6.45, 7) is 0. The smallest absolute Gasteiger partial charge is 0.181 e. The first-order chi connectivity index (χ1) is 8.00. The Balaban J connectivity index is 2.29. The highest BCUT2D eigenvalue weighted by molar-refractivity contribution is 7.92. The van der Waals surface area contributed by atoms with Crippen LogP contribution in [0.4, 0.5) is 4.39 Å². The van der Waals surface area contributed by atoms with E-state index < -0.39 is 20.9 Å². The molecule has 0 spiro atoms. The third-order valence-electron chi connectivity index (χ3n) is 3.02. The second-order valence-corrected chi connectivity index (χ2v) is 6.48. The van der Waals surface area contributed by atoms with Crippen LogP contribution in [0, 0.1) is 5.82 Å². The predicted octanol–water partition coefficient (Wildman–Crippen LogP) is 2.11. The van der Waals surface area contributed by atoms with Crippen LogP contribution in [0.25, 0.3) is 0 Å². The van der Waals surface area contributed by atoms with Gasteiger partial charge in [0.15, 0.2) is 9.84 Å². The third kappa shape index (κ3) is 2.54. The molecule has 1 unspecified atom stereocenters. The van der Waals surface area contributed by atoms with Crippen molar-refractivity contribution in [2.75, 3.05) is 0 Å². The SMILES string of the molecule is O=C1CCCC(S(=O)(=O)c2ccc(F)cc2)C1. The quantitative estimate of drug-likeness (QED) is 0.761. The standard InChI is InChI=1S/C12H13FO3S/c13-9-4-6-11(7-5-9)17(15,16)12-3-1-2-10(14)8-12/h4-7,12H,1-3,8H2. The molecule has 1 saturated carbocycles. The van der Waals surface area contributed by atoms with Gasteiger partial charge in [-0.15, -0.1) is 0 Å². The average Bonchev–Trinajstić information content (AvgIpc) is 2.29. The first-order valence-electron chi connectivity index (χ1n) is 5.51. The highest BCUT2D eigenvalue weighted by atomic mass is 32.2. The number of rotatable bonds is 2. The van der Waals surface area contributed by atoms with Crippen LogP contribution in [0.1, 0.15) is 25.7 Å². The Hall–Kier alpha value is -1.23. The summed E-state index contributed by atoms with van der Waals surface area (Å²) in [5.74, 6) is -0.476. The van der Waals surface area contributed by atoms with Gasteiger partial charge in [-0.2, -0.15) is 0 Å². The Kier molecular flexibility index (Phi) is 3.28. The third-order valence-corrected chi connectivity index (χ3v) is 5.23. The number of hydrogen-bond donors (Lipinski definition) is 0. The van der Waals surface area contributed by atoms with E-state index in [1.807, 2.05) is 0 Å². The molecule has 0 radical (unpaired) electrons. The zero-order valence-corrected chi connectivity index (χ0v) is 10.0. The van der Waals surface area contributed by atoms with Crippen molar-refractivity contribution >= 4 is 15.6 Å². The van der Waals surface area contributed by atoms with Crippen LogP contribution >= 0.6 is 0 Å². The summed E-state index contributed by atoms with van der Waals surface area (Å²) in [4.78, 5) is 11.4. The molecule has 92 valence electrons. The van der Waals surface area contributed by atoms with E-state index in [0.717, 1.165) is 12.1 Å². The fraction of sp³-hybridized carbons (Fsp3) is 0.417. The van der Waals surface area contributed by atoms with Gasteiger partial charge in [-0.05, 0) is 37.1 Å². The van der Waals surface area contributed by atoms with E-state index >= 15 is 0 Å². The summed E-state index contributed by atoms with van der Waals surface area (Å²) in [7, 11) is -3.50. The maximum atomic E-state index is 12.7. The molecule has 0 saturated heterocycles. The normalized spacial score (nSPS) is 21.5. The number of carbonyl (C=O) groups excluding carboxylic acids is 1. The lowest BCUT2D eigenvalue weighted by Crippen LogP contribution is -2.28. The van der Waals surface area contributed by atoms with Gasteiger partial charge in [-0.1, -0.05) is 0 Å². The van der Waals surface area contributed by atoms with Crippen LogP contribution in [0.3, 0.4) is 0 Å². The number of carbonyl (C=O) groups is 1. The molecule has 17 heavy (non-hydrogen) atoms. The summed E-state index contributed by atoms with van der Waals surface area (Å²) in [5.41, 5.74) is 0. The van der Waals surface area contributed by atoms with Crippen molar-refractivity contribution in [1.29, 1.82) is 0 Å². The lowest BCUT2D eigenvalue weighted by Gasteiger charge is -2.20. The van der Waals surface area contributed by atoms with E-state index in [-0.39, 0.29) is 17.1 Å². The van der Waals surface area contributed by atoms with E-state index in [2.05, 4.69) is 0 Å². The Morgan fingerprint density at radius 3 is 2.41 bits per heavy atom. The zero-order chi connectivity index (χ0) is 12.5. The largest absolute Gasteiger partial charge is 0.300 e. The Labute approximate surface area is 99.6 Å². The minimum atomic E-state index is -3.50. The second-order valence-electron chi connectivity index (χ2n) is 4.26. The molecule has 0 amide bonds. The van der Waals surface area contributed by atoms with Crippen LogP contribution in [0.5, 0.6) is 0 Å². The molecule has 1 fully saturated rings. The van der Waals surface area contributed by atoms with Gasteiger partial charge in [0.1, 0.15) is 11.6 Å². The van der Waals surface area contributed by atoms with E-state index in [4.69, 9.17) is 0 Å². The molecule has 1 aliphatic carbocycles. The Morgan fingerprint density at radius 1 is 1.18 bits per heavy atom. The molecular weight excluding hydrogens is 243 g/mol. The minimum Gasteiger partial charge on any atom is -0.300 e. The minimum absolute atomic E-state index is 0.00747. The van der Waals surface area contributed by atoms with Gasteiger partial charge in [0.25, 0.3) is 0 Å². The molecule has 2 rings (SSSR count). The fourth-order valence-corrected chi connectivity index (χ4v) is 3.85. The average molecular weight is 256 g/mol. The maximum absolute atomic E-state index is 12.7. The number of Topliss-reactive ketones (excluding diaryl/α,β-unsaturated/α-hetero) is 1. The summed E-state index contributed by atoms with van der Waals surface area (Å²) >= 11 is 0. The molecule has 1 aromatic carbocycles. The monoisotopic (exact) mass is 256 g/mol. The Morgan fingerprint density at radius 2 is 1.82 bits per heavy atom. The van der Waals surface area contributed by atoms with Gasteiger partial charge in [-0.25, -0.2) is 12.8 Å². The lowest BCUT2D eigenvalue weighted by molar-refractivity contribution is -0.120. The van der Waals surface area contributed by atoms with Crippen molar-refractivity contribution in [3.8, 4) is 0 Å². The van der Waals surface area contributed by atoms with Crippen LogP contribution < -0.4 is 0 Å². The van der Waals surface area contributed by atoms with Gasteiger partial charge in [0.2, 0.25) is 0 Å². The van der Waals surface area contributed by atoms with Gasteiger partial charge in [0, 0.05) is 12.8 Å². The van der Waals surface area contributed by atoms with E-state index in [1.54, 1.807) is 0 Å². The highest BCUT2D eigenvalue weighted by Gasteiger charge is 2.31. The number of sulfone groups is 1. The first-order valence-corrected chi connectivity index (χ1v) is 7.06. The van der Waals surface area contributed by atoms with Crippen molar-refractivity contribution in [2.24, 2.45) is 0 Å². The van der Waals surface area contributed by atoms with Gasteiger partial charge in [0.05, 0.1) is 10.1 Å². The van der Waals surface area contributed by atoms with Crippen LogP contribution in [-0.4, -0.2) is 19.5 Å². The van der Waals surface area contributed by atoms with Gasteiger partial charge >= 0.3 is 0 Å². The molecule has 3 nitrogen and oxygen atoms in total. The molecule has 0 N–H and O–H groups in total. The van der Waals surface area contributed by atoms with E-state index in [1.165, 1.54) is 12.1 Å². The maximum Gasteiger partial charge on any atom is 0.181 e. The molecule has 0 bridgehead atoms. The second kappa shape index (κ2) is 4.56. The van der Waals surface area contributed by atoms with Crippen LogP contribution in [0.2, 0.25) is 0 Å².